The number of H-pyrrole nitrogens is 1. The van der Waals surface area contributed by atoms with Crippen LogP contribution in [-0.2, 0) is 0 Å². The number of carbonyl (C=O) groups is 1. The van der Waals surface area contributed by atoms with Crippen molar-refractivity contribution in [2.45, 2.75) is 25.4 Å². The molecule has 1 aliphatic rings. The molecule has 1 aliphatic carbocycles. The number of halogens is 3. The standard InChI is InChI=1S/C14H15F3N2O2/c15-14(16,17)8-19(7-9-2-1-3-9)13(20)11-6-12-10(18-11)4-5-21-12/h4-6,9,18H,1-3,7-8H2. The van der Waals surface area contributed by atoms with Gasteiger partial charge in [-0.3, -0.25) is 4.79 Å². The summed E-state index contributed by atoms with van der Waals surface area (Å²) >= 11 is 0. The molecule has 1 saturated carbocycles. The lowest BCUT2D eigenvalue weighted by molar-refractivity contribution is -0.142. The number of furan rings is 1. The number of aromatic amines is 1. The zero-order valence-electron chi connectivity index (χ0n) is 11.2. The molecule has 2 aromatic heterocycles. The Morgan fingerprint density at radius 1 is 1.43 bits per heavy atom. The van der Waals surface area contributed by atoms with Crippen molar-refractivity contribution in [1.82, 2.24) is 9.88 Å². The van der Waals surface area contributed by atoms with Gasteiger partial charge in [0.15, 0.2) is 5.58 Å². The molecule has 0 bridgehead atoms. The largest absolute Gasteiger partial charge is 0.463 e. The lowest BCUT2D eigenvalue weighted by atomic mass is 9.85. The molecule has 2 aromatic rings. The SMILES string of the molecule is O=C(c1cc2occc2[nH]1)N(CC1CCC1)CC(F)(F)F. The molecular formula is C14H15F3N2O2. The number of nitrogens with zero attached hydrogens (tertiary/aromatic N) is 1. The summed E-state index contributed by atoms with van der Waals surface area (Å²) in [4.78, 5) is 16.0. The smallest absolute Gasteiger partial charge is 0.406 e. The van der Waals surface area contributed by atoms with E-state index in [1.54, 1.807) is 6.07 Å². The van der Waals surface area contributed by atoms with E-state index in [2.05, 4.69) is 4.98 Å². The van der Waals surface area contributed by atoms with Gasteiger partial charge in [-0.25, -0.2) is 0 Å². The Labute approximate surface area is 118 Å². The van der Waals surface area contributed by atoms with Crippen molar-refractivity contribution >= 4 is 17.0 Å². The van der Waals surface area contributed by atoms with E-state index < -0.39 is 18.6 Å². The van der Waals surface area contributed by atoms with Gasteiger partial charge in [0.05, 0.1) is 11.8 Å². The van der Waals surface area contributed by atoms with Crippen LogP contribution in [0.2, 0.25) is 0 Å². The highest BCUT2D eigenvalue weighted by Gasteiger charge is 2.35. The fourth-order valence-corrected chi connectivity index (χ4v) is 2.56. The minimum Gasteiger partial charge on any atom is -0.463 e. The van der Waals surface area contributed by atoms with Gasteiger partial charge in [-0.15, -0.1) is 0 Å². The van der Waals surface area contributed by atoms with Crippen LogP contribution in [0.4, 0.5) is 13.2 Å². The van der Waals surface area contributed by atoms with Gasteiger partial charge in [-0.1, -0.05) is 6.42 Å². The van der Waals surface area contributed by atoms with E-state index in [-0.39, 0.29) is 18.2 Å². The zero-order chi connectivity index (χ0) is 15.0. The van der Waals surface area contributed by atoms with Crippen molar-refractivity contribution < 1.29 is 22.4 Å². The minimum absolute atomic E-state index is 0.132. The molecule has 0 radical (unpaired) electrons. The molecule has 2 heterocycles. The highest BCUT2D eigenvalue weighted by Crippen LogP contribution is 2.29. The third-order valence-electron chi connectivity index (χ3n) is 3.83. The van der Waals surface area contributed by atoms with Crippen molar-refractivity contribution in [2.24, 2.45) is 5.92 Å². The summed E-state index contributed by atoms with van der Waals surface area (Å²) in [5, 5.41) is 0. The Morgan fingerprint density at radius 2 is 2.19 bits per heavy atom. The van der Waals surface area contributed by atoms with Crippen LogP contribution < -0.4 is 0 Å². The maximum Gasteiger partial charge on any atom is 0.406 e. The normalized spacial score (nSPS) is 16.1. The summed E-state index contributed by atoms with van der Waals surface area (Å²) in [5.74, 6) is -0.458. The van der Waals surface area contributed by atoms with Crippen LogP contribution in [0.1, 0.15) is 29.8 Å². The molecule has 0 saturated heterocycles. The number of carbonyl (C=O) groups excluding carboxylic acids is 1. The summed E-state index contributed by atoms with van der Waals surface area (Å²) in [7, 11) is 0. The molecule has 114 valence electrons. The van der Waals surface area contributed by atoms with Gasteiger partial charge in [0, 0.05) is 18.7 Å². The van der Waals surface area contributed by atoms with Gasteiger partial charge >= 0.3 is 6.18 Å². The van der Waals surface area contributed by atoms with Gasteiger partial charge in [0.25, 0.3) is 5.91 Å². The van der Waals surface area contributed by atoms with Gasteiger partial charge in [0.1, 0.15) is 12.2 Å². The predicted octanol–water partition coefficient (Wildman–Crippen LogP) is 3.57. The number of hydrogen-bond donors (Lipinski definition) is 1. The van der Waals surface area contributed by atoms with Crippen LogP contribution in [0.3, 0.4) is 0 Å². The summed E-state index contributed by atoms with van der Waals surface area (Å²) in [5.41, 5.74) is 1.20. The van der Waals surface area contributed by atoms with E-state index >= 15 is 0 Å². The highest BCUT2D eigenvalue weighted by molar-refractivity contribution is 5.96. The number of alkyl halides is 3. The molecule has 3 rings (SSSR count). The van der Waals surface area contributed by atoms with Crippen molar-refractivity contribution in [2.75, 3.05) is 13.1 Å². The van der Waals surface area contributed by atoms with E-state index in [0.717, 1.165) is 24.2 Å². The Hall–Kier alpha value is -1.92. The fourth-order valence-electron chi connectivity index (χ4n) is 2.56. The first kappa shape index (κ1) is 14.0. The molecule has 1 fully saturated rings. The van der Waals surface area contributed by atoms with Crippen molar-refractivity contribution in [3.8, 4) is 0 Å². The molecule has 0 atom stereocenters. The highest BCUT2D eigenvalue weighted by atomic mass is 19.4. The first-order chi connectivity index (χ1) is 9.92. The fraction of sp³-hybridized carbons (Fsp3) is 0.500. The molecule has 4 nitrogen and oxygen atoms in total. The quantitative estimate of drug-likeness (QED) is 0.938. The topological polar surface area (TPSA) is 49.2 Å². The van der Waals surface area contributed by atoms with Crippen molar-refractivity contribution in [3.05, 3.63) is 24.1 Å². The molecule has 1 amide bonds. The Kier molecular flexibility index (Phi) is 3.43. The lowest BCUT2D eigenvalue weighted by Gasteiger charge is -2.32. The summed E-state index contributed by atoms with van der Waals surface area (Å²) in [6.45, 7) is -1.07. The third kappa shape index (κ3) is 3.06. The summed E-state index contributed by atoms with van der Waals surface area (Å²) in [6.07, 6.45) is -0.153. The number of rotatable bonds is 4. The first-order valence-corrected chi connectivity index (χ1v) is 6.84. The van der Waals surface area contributed by atoms with Gasteiger partial charge < -0.3 is 14.3 Å². The van der Waals surface area contributed by atoms with Crippen LogP contribution in [-0.4, -0.2) is 35.1 Å². The second-order valence-electron chi connectivity index (χ2n) is 5.48. The first-order valence-electron chi connectivity index (χ1n) is 6.84. The Bertz CT molecular complexity index is 611. The second kappa shape index (κ2) is 5.13. The third-order valence-corrected chi connectivity index (χ3v) is 3.83. The lowest BCUT2D eigenvalue weighted by Crippen LogP contribution is -2.43. The van der Waals surface area contributed by atoms with Crippen LogP contribution in [0.15, 0.2) is 22.8 Å². The van der Waals surface area contributed by atoms with E-state index in [1.807, 2.05) is 0 Å². The van der Waals surface area contributed by atoms with E-state index in [9.17, 15) is 18.0 Å². The number of amides is 1. The molecular weight excluding hydrogens is 285 g/mol. The van der Waals surface area contributed by atoms with Gasteiger partial charge in [-0.05, 0) is 18.8 Å². The molecule has 0 unspecified atom stereocenters. The Morgan fingerprint density at radius 3 is 2.76 bits per heavy atom. The number of aromatic nitrogens is 1. The van der Waals surface area contributed by atoms with Crippen LogP contribution in [0, 0.1) is 5.92 Å². The van der Waals surface area contributed by atoms with Crippen LogP contribution >= 0.6 is 0 Å². The maximum atomic E-state index is 12.7. The molecule has 1 N–H and O–H groups in total. The van der Waals surface area contributed by atoms with E-state index in [1.165, 1.54) is 12.3 Å². The summed E-state index contributed by atoms with van der Waals surface area (Å²) in [6, 6.07) is 3.08. The molecule has 0 aromatic carbocycles. The predicted molar refractivity (Wildman–Crippen MR) is 69.9 cm³/mol. The van der Waals surface area contributed by atoms with Crippen molar-refractivity contribution in [1.29, 1.82) is 0 Å². The molecule has 0 spiro atoms. The number of nitrogens with one attached hydrogen (secondary N) is 1. The number of fused-ring (bicyclic) bond motifs is 1. The average molecular weight is 300 g/mol. The van der Waals surface area contributed by atoms with E-state index in [0.29, 0.717) is 11.1 Å². The Balaban J connectivity index is 1.79. The van der Waals surface area contributed by atoms with Crippen LogP contribution in [0.5, 0.6) is 0 Å². The summed E-state index contributed by atoms with van der Waals surface area (Å²) < 4.78 is 43.1. The monoisotopic (exact) mass is 300 g/mol. The molecule has 21 heavy (non-hydrogen) atoms. The molecule has 0 aliphatic heterocycles. The average Bonchev–Trinajstić information content (AvgIpc) is 2.89. The maximum absolute atomic E-state index is 12.7. The van der Waals surface area contributed by atoms with Crippen molar-refractivity contribution in [3.63, 3.8) is 0 Å². The van der Waals surface area contributed by atoms with Crippen LogP contribution in [0.25, 0.3) is 11.1 Å². The van der Waals surface area contributed by atoms with E-state index in [4.69, 9.17) is 4.42 Å². The minimum atomic E-state index is -4.40. The van der Waals surface area contributed by atoms with Gasteiger partial charge in [0.2, 0.25) is 0 Å². The molecule has 7 heteroatoms. The zero-order valence-corrected chi connectivity index (χ0v) is 11.2. The number of hydrogen-bond acceptors (Lipinski definition) is 2. The van der Waals surface area contributed by atoms with Gasteiger partial charge in [-0.2, -0.15) is 13.2 Å². The second-order valence-corrected chi connectivity index (χ2v) is 5.48.